The summed E-state index contributed by atoms with van der Waals surface area (Å²) in [4.78, 5) is 9.59. The van der Waals surface area contributed by atoms with Crippen LogP contribution < -0.4 is 10.5 Å². The Balaban J connectivity index is 0.000000177. The van der Waals surface area contributed by atoms with Crippen molar-refractivity contribution in [1.82, 2.24) is 4.72 Å². The van der Waals surface area contributed by atoms with Crippen molar-refractivity contribution >= 4 is 33.2 Å². The maximum Gasteiger partial charge on any atom is 0.361 e. The molecule has 1 aliphatic carbocycles. The van der Waals surface area contributed by atoms with Crippen molar-refractivity contribution in [1.29, 1.82) is 0 Å². The van der Waals surface area contributed by atoms with Crippen LogP contribution in [0.25, 0.3) is 16.8 Å². The minimum Gasteiger partial charge on any atom is -0.351 e. The normalized spacial score (nSPS) is 12.4. The monoisotopic (exact) mass is 306 g/mol. The number of nitrogens with one attached hydrogen (secondary N) is 1. The second kappa shape index (κ2) is 5.94. The summed E-state index contributed by atoms with van der Waals surface area (Å²) >= 11 is 0. The molecule has 0 bridgehead atoms. The Morgan fingerprint density at radius 3 is 2.43 bits per heavy atom. The first-order valence-corrected chi connectivity index (χ1v) is 7.52. The first-order chi connectivity index (χ1) is 9.87. The van der Waals surface area contributed by atoms with Gasteiger partial charge >= 0.3 is 16.3 Å². The van der Waals surface area contributed by atoms with Gasteiger partial charge in [-0.15, -0.1) is 0 Å². The van der Waals surface area contributed by atoms with Crippen LogP contribution in [0.15, 0.2) is 42.5 Å². The smallest absolute Gasteiger partial charge is 0.351 e. The molecule has 0 radical (unpaired) electrons. The van der Waals surface area contributed by atoms with Crippen molar-refractivity contribution in [2.75, 3.05) is 0 Å². The fourth-order valence-electron chi connectivity index (χ4n) is 2.20. The van der Waals surface area contributed by atoms with Gasteiger partial charge in [0.25, 0.3) is 0 Å². The summed E-state index contributed by atoms with van der Waals surface area (Å²) in [7, 11) is -4.45. The molecule has 4 N–H and O–H groups in total. The van der Waals surface area contributed by atoms with Gasteiger partial charge in [-0.3, -0.25) is 4.55 Å². The lowest BCUT2D eigenvalue weighted by Gasteiger charge is -2.11. The first kappa shape index (κ1) is 15.0. The lowest BCUT2D eigenvalue weighted by Crippen LogP contribution is -2.34. The van der Waals surface area contributed by atoms with Crippen LogP contribution in [-0.4, -0.2) is 19.0 Å². The van der Waals surface area contributed by atoms with E-state index in [1.54, 1.807) is 0 Å². The highest BCUT2D eigenvalue weighted by Crippen LogP contribution is 2.27. The Morgan fingerprint density at radius 1 is 1.19 bits per heavy atom. The zero-order chi connectivity index (χ0) is 15.5. The minimum atomic E-state index is -4.45. The number of carbonyl (C=O) groups is 1. The van der Waals surface area contributed by atoms with Crippen LogP contribution in [0, 0.1) is 0 Å². The molecule has 0 saturated heterocycles. The summed E-state index contributed by atoms with van der Waals surface area (Å²) in [6.45, 7) is 0. The van der Waals surface area contributed by atoms with Crippen molar-refractivity contribution in [3.05, 3.63) is 53.6 Å². The molecule has 2 aromatic rings. The molecule has 6 nitrogen and oxygen atoms in total. The third-order valence-corrected chi connectivity index (χ3v) is 3.35. The quantitative estimate of drug-likeness (QED) is 0.698. The van der Waals surface area contributed by atoms with Crippen LogP contribution in [0.3, 0.4) is 0 Å². The largest absolute Gasteiger partial charge is 0.361 e. The second-order valence-electron chi connectivity index (χ2n) is 4.41. The van der Waals surface area contributed by atoms with Gasteiger partial charge in [-0.05, 0) is 28.3 Å². The highest BCUT2D eigenvalue weighted by Gasteiger charge is 2.06. The van der Waals surface area contributed by atoms with Crippen LogP contribution in [0.4, 0.5) is 4.79 Å². The molecule has 0 spiro atoms. The molecule has 110 valence electrons. The Morgan fingerprint density at radius 2 is 1.86 bits per heavy atom. The fourth-order valence-corrected chi connectivity index (χ4v) is 2.45. The van der Waals surface area contributed by atoms with Crippen molar-refractivity contribution in [3.63, 3.8) is 0 Å². The van der Waals surface area contributed by atoms with Gasteiger partial charge in [0.05, 0.1) is 0 Å². The van der Waals surface area contributed by atoms with E-state index in [-0.39, 0.29) is 0 Å². The molecule has 3 rings (SSSR count). The van der Waals surface area contributed by atoms with Crippen LogP contribution >= 0.6 is 0 Å². The topological polar surface area (TPSA) is 109 Å². The van der Waals surface area contributed by atoms with Crippen LogP contribution in [-0.2, 0) is 16.7 Å². The maximum atomic E-state index is 9.59. The number of carbonyl (C=O) groups excluding carboxylic acids is 1. The molecule has 0 heterocycles. The molecule has 0 aliphatic heterocycles. The Bertz CT molecular complexity index is 808. The van der Waals surface area contributed by atoms with Crippen LogP contribution in [0.2, 0.25) is 0 Å². The van der Waals surface area contributed by atoms with Crippen molar-refractivity contribution in [2.45, 2.75) is 6.42 Å². The summed E-state index contributed by atoms with van der Waals surface area (Å²) in [5.41, 5.74) is 7.10. The predicted octanol–water partition coefficient (Wildman–Crippen LogP) is 1.87. The average molecular weight is 306 g/mol. The summed E-state index contributed by atoms with van der Waals surface area (Å²) in [6.07, 6.45) is 5.53. The SMILES string of the molecule is C1=Cc2cccc3cccc(c23)C1.NC(=O)NS(=O)(=O)O. The minimum absolute atomic E-state index is 1.05. The lowest BCUT2D eigenvalue weighted by atomic mass is 9.93. The fraction of sp³-hybridized carbons (Fsp3) is 0.0714. The third-order valence-electron chi connectivity index (χ3n) is 2.89. The van der Waals surface area contributed by atoms with E-state index in [9.17, 15) is 13.2 Å². The van der Waals surface area contributed by atoms with Crippen molar-refractivity contribution < 1.29 is 17.8 Å². The van der Waals surface area contributed by atoms with Gasteiger partial charge in [-0.1, -0.05) is 48.6 Å². The van der Waals surface area contributed by atoms with Gasteiger partial charge in [0.2, 0.25) is 0 Å². The molecule has 0 atom stereocenters. The highest BCUT2D eigenvalue weighted by molar-refractivity contribution is 7.84. The Hall–Kier alpha value is -2.38. The molecule has 1 aliphatic rings. The number of hydrogen-bond donors (Lipinski definition) is 3. The standard InChI is InChI=1S/C13H10.CH4N2O4S/c1-4-10-6-2-8-12-9-3-7-11(5-1)13(10)12;2-1(4)3-8(5,6)7/h1-8H,9H2;(H3,2,3,4)(H,5,6,7). The van der Waals surface area contributed by atoms with E-state index >= 15 is 0 Å². The number of hydrogen-bond acceptors (Lipinski definition) is 3. The maximum absolute atomic E-state index is 9.59. The molecular weight excluding hydrogens is 292 g/mol. The first-order valence-electron chi connectivity index (χ1n) is 6.08. The number of urea groups is 1. The van der Waals surface area contributed by atoms with E-state index in [4.69, 9.17) is 4.55 Å². The van der Waals surface area contributed by atoms with Gasteiger partial charge < -0.3 is 5.73 Å². The lowest BCUT2D eigenvalue weighted by molar-refractivity contribution is 0.252. The molecular formula is C14H14N2O4S. The number of nitrogens with two attached hydrogens (primary N) is 1. The molecule has 0 saturated carbocycles. The zero-order valence-corrected chi connectivity index (χ0v) is 11.8. The number of amides is 2. The molecule has 0 fully saturated rings. The van der Waals surface area contributed by atoms with E-state index in [0.29, 0.717) is 0 Å². The second-order valence-corrected chi connectivity index (χ2v) is 5.56. The van der Waals surface area contributed by atoms with E-state index in [1.165, 1.54) is 21.9 Å². The summed E-state index contributed by atoms with van der Waals surface area (Å²) in [5.74, 6) is 0. The van der Waals surface area contributed by atoms with Crippen LogP contribution in [0.1, 0.15) is 11.1 Å². The summed E-state index contributed by atoms with van der Waals surface area (Å²) in [5, 5.41) is 2.80. The van der Waals surface area contributed by atoms with Gasteiger partial charge in [-0.25, -0.2) is 9.52 Å². The Kier molecular flexibility index (Phi) is 4.25. The van der Waals surface area contributed by atoms with Crippen molar-refractivity contribution in [2.24, 2.45) is 5.73 Å². The number of primary amides is 1. The zero-order valence-electron chi connectivity index (χ0n) is 11.0. The molecule has 0 unspecified atom stereocenters. The van der Waals surface area contributed by atoms with Gasteiger partial charge in [0.1, 0.15) is 0 Å². The van der Waals surface area contributed by atoms with Crippen LogP contribution in [0.5, 0.6) is 0 Å². The molecule has 2 aromatic carbocycles. The summed E-state index contributed by atoms with van der Waals surface area (Å²) in [6, 6.07) is 11.7. The molecule has 21 heavy (non-hydrogen) atoms. The van der Waals surface area contributed by atoms with E-state index in [0.717, 1.165) is 11.1 Å². The van der Waals surface area contributed by atoms with Gasteiger partial charge in [0.15, 0.2) is 0 Å². The van der Waals surface area contributed by atoms with Crippen molar-refractivity contribution in [3.8, 4) is 0 Å². The van der Waals surface area contributed by atoms with E-state index < -0.39 is 16.3 Å². The average Bonchev–Trinajstić information content (AvgIpc) is 2.38. The summed E-state index contributed by atoms with van der Waals surface area (Å²) < 4.78 is 28.0. The predicted molar refractivity (Wildman–Crippen MR) is 81.0 cm³/mol. The van der Waals surface area contributed by atoms with Gasteiger partial charge in [-0.2, -0.15) is 8.42 Å². The Labute approximate surface area is 122 Å². The molecule has 2 amide bonds. The van der Waals surface area contributed by atoms with E-state index in [2.05, 4.69) is 54.3 Å². The van der Waals surface area contributed by atoms with Gasteiger partial charge in [0, 0.05) is 0 Å². The van der Waals surface area contributed by atoms with E-state index in [1.807, 2.05) is 0 Å². The number of allylic oxidation sites excluding steroid dienone is 1. The molecule has 7 heteroatoms. The third kappa shape index (κ3) is 4.04. The molecule has 0 aromatic heterocycles. The highest BCUT2D eigenvalue weighted by atomic mass is 32.2. The number of benzene rings is 2. The number of rotatable bonds is 1.